The van der Waals surface area contributed by atoms with Gasteiger partial charge in [-0.25, -0.2) is 4.39 Å². The lowest BCUT2D eigenvalue weighted by atomic mass is 10.1. The van der Waals surface area contributed by atoms with Gasteiger partial charge < -0.3 is 10.0 Å². The summed E-state index contributed by atoms with van der Waals surface area (Å²) >= 11 is 0. The van der Waals surface area contributed by atoms with Gasteiger partial charge in [0, 0.05) is 6.54 Å². The largest absolute Gasteiger partial charge is 0.392 e. The molecule has 0 aliphatic carbocycles. The summed E-state index contributed by atoms with van der Waals surface area (Å²) in [5.41, 5.74) is 2.15. The third-order valence-electron chi connectivity index (χ3n) is 3.11. The first-order valence-corrected chi connectivity index (χ1v) is 6.37. The molecule has 102 valence electrons. The third-order valence-corrected chi connectivity index (χ3v) is 3.11. The van der Waals surface area contributed by atoms with Crippen LogP contribution < -0.4 is 4.90 Å². The molecular formula is C16H15FN2O. The molecule has 0 saturated carbocycles. The zero-order chi connectivity index (χ0) is 14.5. The van der Waals surface area contributed by atoms with E-state index < -0.39 is 0 Å². The number of aliphatic hydroxyl groups is 1. The molecule has 0 radical (unpaired) electrons. The maximum Gasteiger partial charge on any atom is 0.146 e. The normalized spacial score (nSPS) is 10.1. The Morgan fingerprint density at radius 3 is 2.55 bits per heavy atom. The first-order valence-electron chi connectivity index (χ1n) is 6.37. The van der Waals surface area contributed by atoms with Gasteiger partial charge in [-0.15, -0.1) is 0 Å². The van der Waals surface area contributed by atoms with Crippen LogP contribution in [0.15, 0.2) is 42.5 Å². The van der Waals surface area contributed by atoms with Crippen LogP contribution in [0.3, 0.4) is 0 Å². The van der Waals surface area contributed by atoms with Crippen LogP contribution in [-0.2, 0) is 6.61 Å². The minimum absolute atomic E-state index is 0.124. The van der Waals surface area contributed by atoms with E-state index >= 15 is 0 Å². The molecular weight excluding hydrogens is 255 g/mol. The van der Waals surface area contributed by atoms with Crippen LogP contribution in [0.2, 0.25) is 0 Å². The number of halogens is 1. The van der Waals surface area contributed by atoms with Crippen molar-refractivity contribution in [3.05, 3.63) is 59.4 Å². The summed E-state index contributed by atoms with van der Waals surface area (Å²) in [6.07, 6.45) is 0. The van der Waals surface area contributed by atoms with Crippen LogP contribution in [0.4, 0.5) is 15.8 Å². The molecule has 0 fully saturated rings. The van der Waals surface area contributed by atoms with Gasteiger partial charge in [0.2, 0.25) is 0 Å². The van der Waals surface area contributed by atoms with Gasteiger partial charge in [-0.05, 0) is 36.8 Å². The second kappa shape index (κ2) is 6.18. The van der Waals surface area contributed by atoms with Crippen LogP contribution in [0.1, 0.15) is 18.1 Å². The van der Waals surface area contributed by atoms with Gasteiger partial charge in [0.1, 0.15) is 11.9 Å². The number of para-hydroxylation sites is 1. The van der Waals surface area contributed by atoms with E-state index in [4.69, 9.17) is 5.11 Å². The highest BCUT2D eigenvalue weighted by Crippen LogP contribution is 2.30. The predicted molar refractivity (Wildman–Crippen MR) is 76.2 cm³/mol. The standard InChI is InChI=1S/C16H15FN2O/c1-2-19(16-6-4-3-5-14(16)17)15-8-7-12(11-20)9-13(15)10-18/h3-9,20H,2,11H2,1H3. The summed E-state index contributed by atoms with van der Waals surface area (Å²) in [6.45, 7) is 2.31. The fourth-order valence-electron chi connectivity index (χ4n) is 2.15. The Kier molecular flexibility index (Phi) is 4.34. The molecule has 0 unspecified atom stereocenters. The third kappa shape index (κ3) is 2.63. The molecule has 3 nitrogen and oxygen atoms in total. The summed E-state index contributed by atoms with van der Waals surface area (Å²) in [5.74, 6) is -0.329. The van der Waals surface area contributed by atoms with E-state index in [0.717, 1.165) is 0 Å². The Morgan fingerprint density at radius 1 is 1.20 bits per heavy atom. The number of anilines is 2. The smallest absolute Gasteiger partial charge is 0.146 e. The van der Waals surface area contributed by atoms with Crippen molar-refractivity contribution in [1.82, 2.24) is 0 Å². The Balaban J connectivity index is 2.53. The Bertz CT molecular complexity index is 649. The lowest BCUT2D eigenvalue weighted by Crippen LogP contribution is -2.18. The van der Waals surface area contributed by atoms with Crippen LogP contribution in [0, 0.1) is 17.1 Å². The molecule has 0 aliphatic rings. The second-order valence-corrected chi connectivity index (χ2v) is 4.32. The van der Waals surface area contributed by atoms with Crippen molar-refractivity contribution in [2.75, 3.05) is 11.4 Å². The molecule has 20 heavy (non-hydrogen) atoms. The molecule has 0 saturated heterocycles. The molecule has 0 bridgehead atoms. The maximum atomic E-state index is 13.9. The van der Waals surface area contributed by atoms with E-state index in [9.17, 15) is 9.65 Å². The average Bonchev–Trinajstić information content (AvgIpc) is 2.50. The number of nitrogens with zero attached hydrogens (tertiary/aromatic N) is 2. The molecule has 2 rings (SSSR count). The van der Waals surface area contributed by atoms with Crippen molar-refractivity contribution in [3.8, 4) is 6.07 Å². The quantitative estimate of drug-likeness (QED) is 0.926. The van der Waals surface area contributed by atoms with Gasteiger partial charge in [0.15, 0.2) is 0 Å². The first-order chi connectivity index (χ1) is 9.71. The molecule has 0 atom stereocenters. The fourth-order valence-corrected chi connectivity index (χ4v) is 2.15. The summed E-state index contributed by atoms with van der Waals surface area (Å²) in [7, 11) is 0. The highest BCUT2D eigenvalue weighted by molar-refractivity contribution is 5.70. The van der Waals surface area contributed by atoms with Crippen molar-refractivity contribution < 1.29 is 9.50 Å². The highest BCUT2D eigenvalue weighted by atomic mass is 19.1. The van der Waals surface area contributed by atoms with Crippen molar-refractivity contribution in [2.45, 2.75) is 13.5 Å². The lowest BCUT2D eigenvalue weighted by Gasteiger charge is -2.25. The number of rotatable bonds is 4. The molecule has 1 N–H and O–H groups in total. The molecule has 2 aromatic carbocycles. The monoisotopic (exact) mass is 270 g/mol. The lowest BCUT2D eigenvalue weighted by molar-refractivity contribution is 0.282. The van der Waals surface area contributed by atoms with Crippen LogP contribution in [0.5, 0.6) is 0 Å². The Hall–Kier alpha value is -2.38. The minimum Gasteiger partial charge on any atom is -0.392 e. The minimum atomic E-state index is -0.329. The molecule has 2 aromatic rings. The summed E-state index contributed by atoms with van der Waals surface area (Å²) < 4.78 is 13.9. The van der Waals surface area contributed by atoms with Gasteiger partial charge in [-0.2, -0.15) is 5.26 Å². The molecule has 4 heteroatoms. The van der Waals surface area contributed by atoms with Crippen LogP contribution in [0.25, 0.3) is 0 Å². The van der Waals surface area contributed by atoms with E-state index in [0.29, 0.717) is 29.0 Å². The van der Waals surface area contributed by atoms with E-state index in [2.05, 4.69) is 6.07 Å². The number of hydrogen-bond donors (Lipinski definition) is 1. The number of aliphatic hydroxyl groups excluding tert-OH is 1. The Morgan fingerprint density at radius 2 is 1.95 bits per heavy atom. The molecule has 0 aromatic heterocycles. The fraction of sp³-hybridized carbons (Fsp3) is 0.188. The van der Waals surface area contributed by atoms with Crippen LogP contribution in [-0.4, -0.2) is 11.7 Å². The van der Waals surface area contributed by atoms with E-state index in [-0.39, 0.29) is 12.4 Å². The summed E-state index contributed by atoms with van der Waals surface area (Å²) in [5, 5.41) is 18.4. The van der Waals surface area contributed by atoms with Crippen molar-refractivity contribution >= 4 is 11.4 Å². The maximum absolute atomic E-state index is 13.9. The number of nitriles is 1. The van der Waals surface area contributed by atoms with E-state index in [1.165, 1.54) is 6.07 Å². The van der Waals surface area contributed by atoms with Gasteiger partial charge in [-0.1, -0.05) is 18.2 Å². The molecule has 0 spiro atoms. The predicted octanol–water partition coefficient (Wildman–Crippen LogP) is 3.35. The molecule has 0 heterocycles. The van der Waals surface area contributed by atoms with Crippen molar-refractivity contribution in [2.24, 2.45) is 0 Å². The number of benzene rings is 2. The average molecular weight is 270 g/mol. The SMILES string of the molecule is CCN(c1ccccc1F)c1ccc(CO)cc1C#N. The Labute approximate surface area is 117 Å². The van der Waals surface area contributed by atoms with Crippen LogP contribution >= 0.6 is 0 Å². The molecule has 0 aliphatic heterocycles. The summed E-state index contributed by atoms with van der Waals surface area (Å²) in [4.78, 5) is 1.75. The first kappa shape index (κ1) is 14.0. The van der Waals surface area contributed by atoms with Crippen molar-refractivity contribution in [1.29, 1.82) is 5.26 Å². The van der Waals surface area contributed by atoms with Gasteiger partial charge in [0.05, 0.1) is 23.5 Å². The summed E-state index contributed by atoms with van der Waals surface area (Å²) in [6, 6.07) is 13.7. The second-order valence-electron chi connectivity index (χ2n) is 4.32. The van der Waals surface area contributed by atoms with Gasteiger partial charge >= 0.3 is 0 Å². The van der Waals surface area contributed by atoms with Crippen molar-refractivity contribution in [3.63, 3.8) is 0 Å². The zero-order valence-electron chi connectivity index (χ0n) is 11.2. The molecule has 0 amide bonds. The van der Waals surface area contributed by atoms with Gasteiger partial charge in [0.25, 0.3) is 0 Å². The number of hydrogen-bond acceptors (Lipinski definition) is 3. The highest BCUT2D eigenvalue weighted by Gasteiger charge is 2.15. The topological polar surface area (TPSA) is 47.3 Å². The zero-order valence-corrected chi connectivity index (χ0v) is 11.2. The van der Waals surface area contributed by atoms with Gasteiger partial charge in [-0.3, -0.25) is 0 Å². The van der Waals surface area contributed by atoms with E-state index in [1.807, 2.05) is 6.92 Å². The van der Waals surface area contributed by atoms with E-state index in [1.54, 1.807) is 41.3 Å².